The predicted molar refractivity (Wildman–Crippen MR) is 95.6 cm³/mol. The van der Waals surface area contributed by atoms with Crippen molar-refractivity contribution in [2.45, 2.75) is 25.7 Å². The molecule has 5 nitrogen and oxygen atoms in total. The quantitative estimate of drug-likeness (QED) is 0.792. The van der Waals surface area contributed by atoms with Crippen LogP contribution in [0.3, 0.4) is 0 Å². The van der Waals surface area contributed by atoms with Crippen molar-refractivity contribution in [2.24, 2.45) is 10.9 Å². The van der Waals surface area contributed by atoms with E-state index >= 15 is 0 Å². The molecule has 1 heterocycles. The number of esters is 1. The maximum Gasteiger partial charge on any atom is 0.416 e. The smallest absolute Gasteiger partial charge is 0.416 e. The van der Waals surface area contributed by atoms with Gasteiger partial charge in [0.2, 0.25) is 0 Å². The van der Waals surface area contributed by atoms with Crippen LogP contribution in [0.5, 0.6) is 0 Å². The molecule has 8 heteroatoms. The number of amides is 2. The Kier molecular flexibility index (Phi) is 5.48. The van der Waals surface area contributed by atoms with Crippen molar-refractivity contribution in [2.75, 3.05) is 0 Å². The minimum Gasteiger partial charge on any atom is -0.460 e. The summed E-state index contributed by atoms with van der Waals surface area (Å²) in [6.45, 7) is 1.56. The topological polar surface area (TPSA) is 67.8 Å². The van der Waals surface area contributed by atoms with Crippen molar-refractivity contribution in [3.63, 3.8) is 0 Å². The van der Waals surface area contributed by atoms with E-state index in [2.05, 4.69) is 10.3 Å². The second-order valence-electron chi connectivity index (χ2n) is 6.37. The fraction of sp³-hybridized carbons (Fsp3) is 0.250. The molecule has 2 atom stereocenters. The lowest BCUT2D eigenvalue weighted by Crippen LogP contribution is -2.44. The number of benzene rings is 2. The molecule has 146 valence electrons. The molecule has 0 aliphatic carbocycles. The molecular formula is C20H17F3N2O3. The van der Waals surface area contributed by atoms with Gasteiger partial charge < -0.3 is 10.1 Å². The van der Waals surface area contributed by atoms with E-state index in [0.717, 1.165) is 17.7 Å². The molecule has 1 aliphatic rings. The molecule has 2 amide bonds. The van der Waals surface area contributed by atoms with Crippen molar-refractivity contribution < 1.29 is 27.5 Å². The minimum atomic E-state index is -4.47. The van der Waals surface area contributed by atoms with Crippen molar-refractivity contribution in [3.05, 3.63) is 71.3 Å². The number of hydrogen-bond donors (Lipinski definition) is 1. The number of hydrogen-bond acceptors (Lipinski definition) is 3. The zero-order chi connectivity index (χ0) is 20.3. The van der Waals surface area contributed by atoms with Crippen molar-refractivity contribution >= 4 is 17.7 Å². The van der Waals surface area contributed by atoms with Gasteiger partial charge >= 0.3 is 18.2 Å². The Morgan fingerprint density at radius 3 is 2.36 bits per heavy atom. The number of carbonyl (C=O) groups excluding carboxylic acids is 2. The Labute approximate surface area is 159 Å². The van der Waals surface area contributed by atoms with Crippen LogP contribution < -0.4 is 5.32 Å². The van der Waals surface area contributed by atoms with Crippen LogP contribution in [0, 0.1) is 5.92 Å². The van der Waals surface area contributed by atoms with Crippen molar-refractivity contribution in [3.8, 4) is 0 Å². The number of carbonyl (C=O) groups is 2. The van der Waals surface area contributed by atoms with Gasteiger partial charge in [-0.1, -0.05) is 42.5 Å². The van der Waals surface area contributed by atoms with Gasteiger partial charge in [-0.25, -0.2) is 9.79 Å². The molecule has 2 aromatic rings. The summed E-state index contributed by atoms with van der Waals surface area (Å²) < 4.78 is 43.7. The highest BCUT2D eigenvalue weighted by Crippen LogP contribution is 2.33. The van der Waals surface area contributed by atoms with Gasteiger partial charge in [0.1, 0.15) is 12.5 Å². The van der Waals surface area contributed by atoms with E-state index in [1.807, 2.05) is 18.2 Å². The van der Waals surface area contributed by atoms with Gasteiger partial charge in [-0.3, -0.25) is 4.79 Å². The summed E-state index contributed by atoms with van der Waals surface area (Å²) in [4.78, 5) is 28.2. The molecule has 1 N–H and O–H groups in total. The molecule has 28 heavy (non-hydrogen) atoms. The number of alkyl halides is 3. The van der Waals surface area contributed by atoms with Gasteiger partial charge in [0.05, 0.1) is 11.6 Å². The molecular weight excluding hydrogens is 373 g/mol. The maximum absolute atomic E-state index is 12.8. The molecule has 0 bridgehead atoms. The van der Waals surface area contributed by atoms with E-state index in [-0.39, 0.29) is 12.3 Å². The number of nitrogens with one attached hydrogen (secondary N) is 1. The SMILES string of the molecule is CC1=NC(=O)NC(c2ccc(C(F)(F)F)cc2)C1C(=O)OCc1ccccc1. The van der Waals surface area contributed by atoms with Crippen LogP contribution >= 0.6 is 0 Å². The van der Waals surface area contributed by atoms with E-state index in [1.54, 1.807) is 12.1 Å². The summed E-state index contributed by atoms with van der Waals surface area (Å²) >= 11 is 0. The fourth-order valence-electron chi connectivity index (χ4n) is 3.00. The normalized spacial score (nSPS) is 19.6. The van der Waals surface area contributed by atoms with Gasteiger partial charge in [-0.2, -0.15) is 13.2 Å². The number of nitrogens with zero attached hydrogens (tertiary/aromatic N) is 1. The number of rotatable bonds is 4. The highest BCUT2D eigenvalue weighted by Gasteiger charge is 2.38. The Hall–Kier alpha value is -3.16. The molecule has 1 aliphatic heterocycles. The molecule has 0 saturated heterocycles. The van der Waals surface area contributed by atoms with E-state index in [9.17, 15) is 22.8 Å². The highest BCUT2D eigenvalue weighted by molar-refractivity contribution is 6.08. The van der Waals surface area contributed by atoms with Gasteiger partial charge in [-0.05, 0) is 30.2 Å². The van der Waals surface area contributed by atoms with Crippen LogP contribution in [0.4, 0.5) is 18.0 Å². The van der Waals surface area contributed by atoms with Gasteiger partial charge in [0.25, 0.3) is 0 Å². The van der Waals surface area contributed by atoms with Crippen molar-refractivity contribution in [1.29, 1.82) is 0 Å². The van der Waals surface area contributed by atoms with Gasteiger partial charge in [0.15, 0.2) is 0 Å². The molecule has 2 aromatic carbocycles. The van der Waals surface area contributed by atoms with Crippen molar-refractivity contribution in [1.82, 2.24) is 5.32 Å². The monoisotopic (exact) mass is 390 g/mol. The van der Waals surface area contributed by atoms with Crippen LogP contribution in [0.15, 0.2) is 59.6 Å². The first-order chi connectivity index (χ1) is 13.3. The van der Waals surface area contributed by atoms with E-state index in [0.29, 0.717) is 5.56 Å². The Morgan fingerprint density at radius 2 is 1.75 bits per heavy atom. The van der Waals surface area contributed by atoms with Crippen LogP contribution in [0.2, 0.25) is 0 Å². The average molecular weight is 390 g/mol. The molecule has 0 spiro atoms. The molecule has 3 rings (SSSR count). The van der Waals surface area contributed by atoms with Crippen LogP contribution in [-0.2, 0) is 22.3 Å². The van der Waals surface area contributed by atoms with Gasteiger partial charge in [0, 0.05) is 5.71 Å². The standard InChI is InChI=1S/C20H17F3N2O3/c1-12-16(18(26)28-11-13-5-3-2-4-6-13)17(25-19(27)24-12)14-7-9-15(10-8-14)20(21,22)23/h2-10,16-17H,11H2,1H3,(H,25,27). The van der Waals surface area contributed by atoms with E-state index < -0.39 is 35.7 Å². The summed E-state index contributed by atoms with van der Waals surface area (Å²) in [5.74, 6) is -1.55. The summed E-state index contributed by atoms with van der Waals surface area (Å²) in [6, 6.07) is 11.8. The van der Waals surface area contributed by atoms with Crippen LogP contribution in [0.1, 0.15) is 29.7 Å². The Balaban J connectivity index is 1.82. The van der Waals surface area contributed by atoms with Gasteiger partial charge in [-0.15, -0.1) is 0 Å². The molecule has 2 unspecified atom stereocenters. The number of aliphatic imine (C=N–C) groups is 1. The van der Waals surface area contributed by atoms with Crippen LogP contribution in [0.25, 0.3) is 0 Å². The largest absolute Gasteiger partial charge is 0.460 e. The highest BCUT2D eigenvalue weighted by atomic mass is 19.4. The first-order valence-corrected chi connectivity index (χ1v) is 8.49. The first kappa shape index (κ1) is 19.6. The zero-order valence-electron chi connectivity index (χ0n) is 14.9. The molecule has 0 saturated carbocycles. The maximum atomic E-state index is 12.8. The summed E-state index contributed by atoms with van der Waals surface area (Å²) in [5.41, 5.74) is 0.576. The third-order valence-corrected chi connectivity index (χ3v) is 4.42. The predicted octanol–water partition coefficient (Wildman–Crippen LogP) is 4.29. The summed E-state index contributed by atoms with van der Waals surface area (Å²) in [5, 5.41) is 2.54. The second-order valence-corrected chi connectivity index (χ2v) is 6.37. The lowest BCUT2D eigenvalue weighted by molar-refractivity contribution is -0.148. The summed E-state index contributed by atoms with van der Waals surface area (Å²) in [6.07, 6.45) is -4.47. The number of halogens is 3. The fourth-order valence-corrected chi connectivity index (χ4v) is 3.00. The van der Waals surface area contributed by atoms with E-state index in [1.165, 1.54) is 19.1 Å². The minimum absolute atomic E-state index is 0.0388. The molecule has 0 radical (unpaired) electrons. The van der Waals surface area contributed by atoms with Crippen LogP contribution in [-0.4, -0.2) is 17.7 Å². The number of urea groups is 1. The molecule has 0 fully saturated rings. The number of ether oxygens (including phenoxy) is 1. The first-order valence-electron chi connectivity index (χ1n) is 8.49. The lowest BCUT2D eigenvalue weighted by Gasteiger charge is -2.29. The molecule has 0 aromatic heterocycles. The summed E-state index contributed by atoms with van der Waals surface area (Å²) in [7, 11) is 0. The average Bonchev–Trinajstić information content (AvgIpc) is 2.66. The second kappa shape index (κ2) is 7.84. The third-order valence-electron chi connectivity index (χ3n) is 4.42. The Bertz CT molecular complexity index is 893. The lowest BCUT2D eigenvalue weighted by atomic mass is 9.88. The Morgan fingerprint density at radius 1 is 1.11 bits per heavy atom. The van der Waals surface area contributed by atoms with E-state index in [4.69, 9.17) is 4.74 Å². The third kappa shape index (κ3) is 4.39. The zero-order valence-corrected chi connectivity index (χ0v) is 14.9.